The number of imidazole rings is 2. The molecule has 2 aliphatic heterocycles. The SMILES string of the molecule is COC(=O)N[C@H](C(=O)N1CCC[C@H]1c1nc2cc(-c3ccc(-c4ccc5nc([C@@H]6CCCN6C(=O)[C@@H](NC(=O)OC)C(C)C)[nH]c5c4)cc3C(F)(F)F)ccc2[nH]1)C(C)C. The average Bonchev–Trinajstić information content (AvgIpc) is 4.05. The van der Waals surface area contributed by atoms with Crippen molar-refractivity contribution in [3.05, 3.63) is 71.8 Å². The van der Waals surface area contributed by atoms with Crippen molar-refractivity contribution in [3.63, 3.8) is 0 Å². The normalized spacial score (nSPS) is 18.1. The largest absolute Gasteiger partial charge is 0.453 e. The molecule has 5 aromatic rings. The molecule has 2 fully saturated rings. The van der Waals surface area contributed by atoms with Crippen LogP contribution in [0.3, 0.4) is 0 Å². The molecule has 2 aliphatic rings. The van der Waals surface area contributed by atoms with Crippen LogP contribution in [0.15, 0.2) is 54.6 Å². The number of nitrogens with one attached hydrogen (secondary N) is 4. The predicted molar refractivity (Wildman–Crippen MR) is 217 cm³/mol. The zero-order valence-electron chi connectivity index (χ0n) is 34.3. The summed E-state index contributed by atoms with van der Waals surface area (Å²) in [5.41, 5.74) is 2.67. The van der Waals surface area contributed by atoms with E-state index in [0.717, 1.165) is 12.5 Å². The number of aromatic amines is 2. The van der Waals surface area contributed by atoms with E-state index in [1.807, 2.05) is 27.7 Å². The van der Waals surface area contributed by atoms with Crippen molar-refractivity contribution < 1.29 is 41.8 Å². The van der Waals surface area contributed by atoms with Crippen LogP contribution >= 0.6 is 0 Å². The first-order chi connectivity index (χ1) is 28.6. The Morgan fingerprint density at radius 2 is 1.18 bits per heavy atom. The first-order valence-corrected chi connectivity index (χ1v) is 20.1. The Morgan fingerprint density at radius 1 is 0.683 bits per heavy atom. The van der Waals surface area contributed by atoms with E-state index in [1.54, 1.807) is 52.3 Å². The summed E-state index contributed by atoms with van der Waals surface area (Å²) < 4.78 is 54.0. The van der Waals surface area contributed by atoms with Crippen LogP contribution < -0.4 is 10.6 Å². The van der Waals surface area contributed by atoms with Crippen LogP contribution in [0.1, 0.15) is 82.7 Å². The van der Waals surface area contributed by atoms with Gasteiger partial charge in [-0.25, -0.2) is 19.6 Å². The summed E-state index contributed by atoms with van der Waals surface area (Å²) >= 11 is 0. The third-order valence-electron chi connectivity index (χ3n) is 11.5. The predicted octanol–water partition coefficient (Wildman–Crippen LogP) is 7.88. The Balaban J connectivity index is 1.15. The molecule has 4 atom stereocenters. The van der Waals surface area contributed by atoms with Crippen LogP contribution in [0.4, 0.5) is 22.8 Å². The molecule has 14 nitrogen and oxygen atoms in total. The summed E-state index contributed by atoms with van der Waals surface area (Å²) in [6.45, 7) is 8.28. The van der Waals surface area contributed by atoms with Gasteiger partial charge in [0, 0.05) is 13.1 Å². The van der Waals surface area contributed by atoms with Gasteiger partial charge in [-0.05, 0) is 90.1 Å². The summed E-state index contributed by atoms with van der Waals surface area (Å²) in [4.78, 5) is 70.8. The van der Waals surface area contributed by atoms with Gasteiger partial charge in [0.15, 0.2) is 0 Å². The average molecular weight is 831 g/mol. The lowest BCUT2D eigenvalue weighted by atomic mass is 9.94. The first-order valence-electron chi connectivity index (χ1n) is 20.1. The molecule has 4 heterocycles. The van der Waals surface area contributed by atoms with E-state index in [1.165, 1.54) is 20.3 Å². The Hall–Kier alpha value is -6.13. The molecule has 17 heteroatoms. The van der Waals surface area contributed by atoms with Gasteiger partial charge in [0.1, 0.15) is 23.7 Å². The fourth-order valence-electron chi connectivity index (χ4n) is 8.31. The van der Waals surface area contributed by atoms with Crippen molar-refractivity contribution in [2.24, 2.45) is 11.8 Å². The lowest BCUT2D eigenvalue weighted by Crippen LogP contribution is -2.51. The van der Waals surface area contributed by atoms with Crippen molar-refractivity contribution in [1.29, 1.82) is 0 Å². The molecule has 0 radical (unpaired) electrons. The number of ether oxygens (including phenoxy) is 2. The molecular formula is C43H49F3N8O6. The Morgan fingerprint density at radius 3 is 1.72 bits per heavy atom. The van der Waals surface area contributed by atoms with Gasteiger partial charge in [-0.3, -0.25) is 9.59 Å². The van der Waals surface area contributed by atoms with Crippen molar-refractivity contribution in [1.82, 2.24) is 40.4 Å². The molecule has 3 aromatic carbocycles. The molecule has 0 bridgehead atoms. The van der Waals surface area contributed by atoms with Gasteiger partial charge in [0.25, 0.3) is 0 Å². The molecule has 60 heavy (non-hydrogen) atoms. The summed E-state index contributed by atoms with van der Waals surface area (Å²) in [6, 6.07) is 12.0. The second-order valence-corrected chi connectivity index (χ2v) is 16.1. The number of methoxy groups -OCH3 is 2. The Bertz CT molecular complexity index is 2430. The fraction of sp³-hybridized carbons (Fsp3) is 0.442. The second-order valence-electron chi connectivity index (χ2n) is 16.1. The zero-order chi connectivity index (χ0) is 43.0. The monoisotopic (exact) mass is 830 g/mol. The molecule has 2 saturated heterocycles. The lowest BCUT2D eigenvalue weighted by molar-refractivity contribution is -0.137. The van der Waals surface area contributed by atoms with Crippen LogP contribution in [0.5, 0.6) is 0 Å². The van der Waals surface area contributed by atoms with Crippen LogP contribution in [0.25, 0.3) is 44.3 Å². The number of carbonyl (C=O) groups excluding carboxylic acids is 4. The van der Waals surface area contributed by atoms with E-state index in [9.17, 15) is 32.3 Å². The highest BCUT2D eigenvalue weighted by Gasteiger charge is 2.40. The topological polar surface area (TPSA) is 175 Å². The highest BCUT2D eigenvalue weighted by molar-refractivity contribution is 5.89. The number of amides is 4. The molecule has 4 amide bonds. The van der Waals surface area contributed by atoms with Gasteiger partial charge in [0.05, 0.1) is 53.9 Å². The van der Waals surface area contributed by atoms with Crippen LogP contribution in [0.2, 0.25) is 0 Å². The Labute approximate surface area is 344 Å². The number of aromatic nitrogens is 4. The standard InChI is InChI=1S/C43H49F3N8O6/c1-22(2)35(51-41(57)59-5)39(55)53-17-7-9-33(53)37-47-29-15-12-25(20-31(29)49-37)24-11-14-27(28(19-24)43(44,45)46)26-13-16-30-32(21-26)50-38(48-30)34-10-8-18-54(34)40(56)36(23(3)4)52-42(58)60-6/h11-16,19-23,33-36H,7-10,17-18H2,1-6H3,(H,47,49)(H,48,50)(H,51,57)(H,52,58)/t33-,34-,35-,36-/m0/s1. The summed E-state index contributed by atoms with van der Waals surface area (Å²) in [6.07, 6.45) is -3.36. The maximum atomic E-state index is 14.9. The lowest BCUT2D eigenvalue weighted by Gasteiger charge is -2.29. The van der Waals surface area contributed by atoms with E-state index in [4.69, 9.17) is 19.4 Å². The van der Waals surface area contributed by atoms with Crippen LogP contribution in [-0.4, -0.2) is 93.1 Å². The molecule has 2 aromatic heterocycles. The molecule has 318 valence electrons. The van der Waals surface area contributed by atoms with Gasteiger partial charge >= 0.3 is 18.4 Å². The third-order valence-corrected chi connectivity index (χ3v) is 11.5. The minimum absolute atomic E-state index is 0.0127. The van der Waals surface area contributed by atoms with Gasteiger partial charge in [-0.2, -0.15) is 13.2 Å². The summed E-state index contributed by atoms with van der Waals surface area (Å²) in [5, 5.41) is 5.27. The minimum Gasteiger partial charge on any atom is -0.453 e. The van der Waals surface area contributed by atoms with Crippen LogP contribution in [-0.2, 0) is 25.2 Å². The number of alkyl carbamates (subject to hydrolysis) is 2. The smallest absolute Gasteiger partial charge is 0.417 e. The van der Waals surface area contributed by atoms with E-state index in [-0.39, 0.29) is 35.3 Å². The van der Waals surface area contributed by atoms with Crippen molar-refractivity contribution in [2.45, 2.75) is 83.7 Å². The van der Waals surface area contributed by atoms with Crippen molar-refractivity contribution in [3.8, 4) is 22.3 Å². The molecule has 7 rings (SSSR count). The number of nitrogens with zero attached hydrogens (tertiary/aromatic N) is 4. The molecule has 0 unspecified atom stereocenters. The number of likely N-dealkylation sites (tertiary alicyclic amines) is 2. The quantitative estimate of drug-likeness (QED) is 0.110. The third kappa shape index (κ3) is 8.34. The maximum Gasteiger partial charge on any atom is 0.417 e. The molecule has 4 N–H and O–H groups in total. The fourth-order valence-corrected chi connectivity index (χ4v) is 8.31. The zero-order valence-corrected chi connectivity index (χ0v) is 34.3. The van der Waals surface area contributed by atoms with Gasteiger partial charge in [0.2, 0.25) is 11.8 Å². The molecule has 0 spiro atoms. The number of carbonyl (C=O) groups is 4. The molecular weight excluding hydrogens is 782 g/mol. The van der Waals surface area contributed by atoms with Crippen molar-refractivity contribution in [2.75, 3.05) is 27.3 Å². The van der Waals surface area contributed by atoms with Gasteiger partial charge in [-0.15, -0.1) is 0 Å². The number of rotatable bonds is 10. The number of hydrogen-bond donors (Lipinski definition) is 4. The van der Waals surface area contributed by atoms with E-state index in [0.29, 0.717) is 82.8 Å². The highest BCUT2D eigenvalue weighted by atomic mass is 19.4. The summed E-state index contributed by atoms with van der Waals surface area (Å²) in [7, 11) is 2.47. The Kier molecular flexibility index (Phi) is 11.8. The maximum absolute atomic E-state index is 14.9. The molecule has 0 aliphatic carbocycles. The van der Waals surface area contributed by atoms with E-state index >= 15 is 0 Å². The van der Waals surface area contributed by atoms with Gasteiger partial charge < -0.3 is 39.9 Å². The van der Waals surface area contributed by atoms with E-state index in [2.05, 4.69) is 20.6 Å². The number of hydrogen-bond acceptors (Lipinski definition) is 8. The van der Waals surface area contributed by atoms with E-state index < -0.39 is 42.1 Å². The van der Waals surface area contributed by atoms with Gasteiger partial charge in [-0.1, -0.05) is 52.0 Å². The highest BCUT2D eigenvalue weighted by Crippen LogP contribution is 2.41. The molecule has 0 saturated carbocycles. The number of fused-ring (bicyclic) bond motifs is 2. The van der Waals surface area contributed by atoms with Crippen LogP contribution in [0, 0.1) is 11.8 Å². The second kappa shape index (κ2) is 16.9. The van der Waals surface area contributed by atoms with Crippen molar-refractivity contribution >= 4 is 46.1 Å². The summed E-state index contributed by atoms with van der Waals surface area (Å²) in [5.74, 6) is 0.156. The number of halogens is 3. The minimum atomic E-state index is -4.69. The first kappa shape index (κ1) is 42.0. The number of benzene rings is 3. The number of alkyl halides is 3. The number of H-pyrrole nitrogens is 2.